The van der Waals surface area contributed by atoms with Crippen LogP contribution in [0.3, 0.4) is 0 Å². The molecule has 2 aromatic rings. The Morgan fingerprint density at radius 1 is 1.10 bits per heavy atom. The molecule has 0 bridgehead atoms. The molecule has 104 valence electrons. The second-order valence-electron chi connectivity index (χ2n) is 4.67. The molecule has 1 amide bonds. The van der Waals surface area contributed by atoms with E-state index in [1.165, 1.54) is 24.3 Å². The van der Waals surface area contributed by atoms with E-state index >= 15 is 0 Å². The SMILES string of the molecule is Cc1cc(C)cc(NC(=O)COc2ccc(F)cc2)c1. The highest BCUT2D eigenvalue weighted by Crippen LogP contribution is 2.14. The lowest BCUT2D eigenvalue weighted by atomic mass is 10.1. The van der Waals surface area contributed by atoms with E-state index in [9.17, 15) is 9.18 Å². The zero-order valence-electron chi connectivity index (χ0n) is 11.4. The summed E-state index contributed by atoms with van der Waals surface area (Å²) in [5.41, 5.74) is 2.91. The molecular weight excluding hydrogens is 257 g/mol. The van der Waals surface area contributed by atoms with Crippen molar-refractivity contribution in [2.45, 2.75) is 13.8 Å². The Bertz CT molecular complexity index is 588. The van der Waals surface area contributed by atoms with Crippen molar-refractivity contribution in [1.29, 1.82) is 0 Å². The standard InChI is InChI=1S/C16H16FNO2/c1-11-7-12(2)9-14(8-11)18-16(19)10-20-15-5-3-13(17)4-6-15/h3-9H,10H2,1-2H3,(H,18,19). The van der Waals surface area contributed by atoms with Crippen molar-refractivity contribution in [3.8, 4) is 5.75 Å². The second kappa shape index (κ2) is 6.19. The van der Waals surface area contributed by atoms with Gasteiger partial charge in [-0.1, -0.05) is 6.07 Å². The third-order valence-corrected chi connectivity index (χ3v) is 2.69. The number of benzene rings is 2. The second-order valence-corrected chi connectivity index (χ2v) is 4.67. The normalized spacial score (nSPS) is 10.2. The molecule has 3 nitrogen and oxygen atoms in total. The molecule has 20 heavy (non-hydrogen) atoms. The highest BCUT2D eigenvalue weighted by molar-refractivity contribution is 5.92. The van der Waals surface area contributed by atoms with Gasteiger partial charge in [0.25, 0.3) is 5.91 Å². The largest absolute Gasteiger partial charge is 0.484 e. The van der Waals surface area contributed by atoms with Crippen LogP contribution >= 0.6 is 0 Å². The van der Waals surface area contributed by atoms with Gasteiger partial charge in [-0.3, -0.25) is 4.79 Å². The molecule has 0 radical (unpaired) electrons. The Morgan fingerprint density at radius 2 is 1.70 bits per heavy atom. The zero-order chi connectivity index (χ0) is 14.5. The van der Waals surface area contributed by atoms with Crippen molar-refractivity contribution in [2.75, 3.05) is 11.9 Å². The Kier molecular flexibility index (Phi) is 4.35. The van der Waals surface area contributed by atoms with Gasteiger partial charge in [0.1, 0.15) is 11.6 Å². The van der Waals surface area contributed by atoms with Crippen molar-refractivity contribution >= 4 is 11.6 Å². The summed E-state index contributed by atoms with van der Waals surface area (Å²) >= 11 is 0. The molecule has 0 heterocycles. The first kappa shape index (κ1) is 14.1. The number of amides is 1. The molecule has 0 saturated carbocycles. The van der Waals surface area contributed by atoms with Gasteiger partial charge in [0.15, 0.2) is 6.61 Å². The van der Waals surface area contributed by atoms with Gasteiger partial charge < -0.3 is 10.1 Å². The molecule has 0 aliphatic carbocycles. The number of anilines is 1. The van der Waals surface area contributed by atoms with E-state index in [0.717, 1.165) is 16.8 Å². The fourth-order valence-corrected chi connectivity index (χ4v) is 1.92. The molecule has 0 atom stereocenters. The first-order chi connectivity index (χ1) is 9.52. The molecule has 0 spiro atoms. The number of ether oxygens (including phenoxy) is 1. The van der Waals surface area contributed by atoms with Crippen LogP contribution in [0.1, 0.15) is 11.1 Å². The fourth-order valence-electron chi connectivity index (χ4n) is 1.92. The smallest absolute Gasteiger partial charge is 0.262 e. The van der Waals surface area contributed by atoms with Crippen LogP contribution in [0.5, 0.6) is 5.75 Å². The van der Waals surface area contributed by atoms with Crippen LogP contribution in [-0.2, 0) is 4.79 Å². The van der Waals surface area contributed by atoms with E-state index in [4.69, 9.17) is 4.74 Å². The van der Waals surface area contributed by atoms with Crippen LogP contribution in [0.15, 0.2) is 42.5 Å². The maximum absolute atomic E-state index is 12.7. The lowest BCUT2D eigenvalue weighted by Crippen LogP contribution is -2.20. The number of nitrogens with one attached hydrogen (secondary N) is 1. The van der Waals surface area contributed by atoms with Crippen molar-refractivity contribution in [1.82, 2.24) is 0 Å². The topological polar surface area (TPSA) is 38.3 Å². The van der Waals surface area contributed by atoms with Crippen LogP contribution < -0.4 is 10.1 Å². The summed E-state index contributed by atoms with van der Waals surface area (Å²) in [6.45, 7) is 3.83. The lowest BCUT2D eigenvalue weighted by Gasteiger charge is -2.09. The average Bonchev–Trinajstić information content (AvgIpc) is 2.37. The highest BCUT2D eigenvalue weighted by Gasteiger charge is 2.04. The van der Waals surface area contributed by atoms with E-state index in [0.29, 0.717) is 5.75 Å². The van der Waals surface area contributed by atoms with Gasteiger partial charge >= 0.3 is 0 Å². The number of carbonyl (C=O) groups is 1. The number of carbonyl (C=O) groups excluding carboxylic acids is 1. The molecule has 4 heteroatoms. The van der Waals surface area contributed by atoms with E-state index < -0.39 is 0 Å². The molecule has 0 fully saturated rings. The summed E-state index contributed by atoms with van der Waals surface area (Å²) in [6.07, 6.45) is 0. The van der Waals surface area contributed by atoms with Gasteiger partial charge in [0, 0.05) is 5.69 Å². The van der Waals surface area contributed by atoms with Crippen molar-refractivity contribution in [3.05, 3.63) is 59.4 Å². The number of halogens is 1. The molecule has 2 rings (SSSR count). The molecule has 2 aromatic carbocycles. The Morgan fingerprint density at radius 3 is 2.30 bits per heavy atom. The third-order valence-electron chi connectivity index (χ3n) is 2.69. The molecule has 0 aliphatic rings. The summed E-state index contributed by atoms with van der Waals surface area (Å²) in [7, 11) is 0. The van der Waals surface area contributed by atoms with Gasteiger partial charge in [0.05, 0.1) is 0 Å². The average molecular weight is 273 g/mol. The fraction of sp³-hybridized carbons (Fsp3) is 0.188. The predicted octanol–water partition coefficient (Wildman–Crippen LogP) is 3.46. The number of rotatable bonds is 4. The Balaban J connectivity index is 1.90. The zero-order valence-corrected chi connectivity index (χ0v) is 11.4. The third kappa shape index (κ3) is 4.09. The Labute approximate surface area is 117 Å². The van der Waals surface area contributed by atoms with Gasteiger partial charge in [-0.05, 0) is 61.4 Å². The summed E-state index contributed by atoms with van der Waals surface area (Å²) in [5.74, 6) is -0.127. The predicted molar refractivity (Wildman–Crippen MR) is 76.4 cm³/mol. The number of aryl methyl sites for hydroxylation is 2. The van der Waals surface area contributed by atoms with Crippen LogP contribution in [0.4, 0.5) is 10.1 Å². The van der Waals surface area contributed by atoms with E-state index in [1.807, 2.05) is 32.0 Å². The molecule has 1 N–H and O–H groups in total. The van der Waals surface area contributed by atoms with E-state index in [-0.39, 0.29) is 18.3 Å². The van der Waals surface area contributed by atoms with Crippen LogP contribution in [-0.4, -0.2) is 12.5 Å². The summed E-state index contributed by atoms with van der Waals surface area (Å²) in [5, 5.41) is 2.77. The first-order valence-electron chi connectivity index (χ1n) is 6.29. The van der Waals surface area contributed by atoms with Crippen LogP contribution in [0.2, 0.25) is 0 Å². The number of hydrogen-bond donors (Lipinski definition) is 1. The molecule has 0 unspecified atom stereocenters. The minimum Gasteiger partial charge on any atom is -0.484 e. The minimum atomic E-state index is -0.336. The van der Waals surface area contributed by atoms with E-state index in [2.05, 4.69) is 5.32 Å². The molecule has 0 aliphatic heterocycles. The molecule has 0 aromatic heterocycles. The van der Waals surface area contributed by atoms with Gasteiger partial charge in [-0.25, -0.2) is 4.39 Å². The summed E-state index contributed by atoms with van der Waals surface area (Å²) in [6, 6.07) is 11.4. The quantitative estimate of drug-likeness (QED) is 0.926. The van der Waals surface area contributed by atoms with Crippen LogP contribution in [0, 0.1) is 19.7 Å². The lowest BCUT2D eigenvalue weighted by molar-refractivity contribution is -0.118. The van der Waals surface area contributed by atoms with Crippen molar-refractivity contribution < 1.29 is 13.9 Å². The van der Waals surface area contributed by atoms with Crippen molar-refractivity contribution in [3.63, 3.8) is 0 Å². The highest BCUT2D eigenvalue weighted by atomic mass is 19.1. The van der Waals surface area contributed by atoms with E-state index in [1.54, 1.807) is 0 Å². The molecular formula is C16H16FNO2. The molecule has 0 saturated heterocycles. The monoisotopic (exact) mass is 273 g/mol. The van der Waals surface area contributed by atoms with Gasteiger partial charge in [-0.2, -0.15) is 0 Å². The van der Waals surface area contributed by atoms with Gasteiger partial charge in [-0.15, -0.1) is 0 Å². The van der Waals surface area contributed by atoms with Crippen LogP contribution in [0.25, 0.3) is 0 Å². The minimum absolute atomic E-state index is 0.112. The maximum Gasteiger partial charge on any atom is 0.262 e. The summed E-state index contributed by atoms with van der Waals surface area (Å²) in [4.78, 5) is 11.8. The summed E-state index contributed by atoms with van der Waals surface area (Å²) < 4.78 is 18.0. The Hall–Kier alpha value is -2.36. The first-order valence-corrected chi connectivity index (χ1v) is 6.29. The maximum atomic E-state index is 12.7. The van der Waals surface area contributed by atoms with Gasteiger partial charge in [0.2, 0.25) is 0 Å². The van der Waals surface area contributed by atoms with Crippen molar-refractivity contribution in [2.24, 2.45) is 0 Å². The number of hydrogen-bond acceptors (Lipinski definition) is 2.